The molecule has 0 aliphatic heterocycles. The van der Waals surface area contributed by atoms with Crippen molar-refractivity contribution in [3.63, 3.8) is 0 Å². The van der Waals surface area contributed by atoms with E-state index in [-0.39, 0.29) is 17.2 Å². The van der Waals surface area contributed by atoms with Crippen LogP contribution in [0.5, 0.6) is 11.5 Å². The number of aliphatic hydroxyl groups excluding tert-OH is 1. The van der Waals surface area contributed by atoms with Gasteiger partial charge < -0.3 is 15.6 Å². The molecule has 2 aromatic carbocycles. The number of aliphatic hydroxyl groups is 1. The summed E-state index contributed by atoms with van der Waals surface area (Å²) in [5, 5.41) is 14.1. The molecule has 0 heterocycles. The highest BCUT2D eigenvalue weighted by atomic mass is 32.2. The summed E-state index contributed by atoms with van der Waals surface area (Å²) in [4.78, 5) is -0.144. The molecule has 2 rings (SSSR count). The third-order valence-corrected chi connectivity index (χ3v) is 3.59. The number of benzene rings is 2. The van der Waals surface area contributed by atoms with Crippen molar-refractivity contribution in [2.45, 2.75) is 11.5 Å². The highest BCUT2D eigenvalue weighted by Crippen LogP contribution is 2.27. The Hall–Kier alpha value is -2.09. The van der Waals surface area contributed by atoms with Gasteiger partial charge in [0.2, 0.25) is 10.0 Å². The normalized spacial score (nSPS) is 11.3. The number of sulfonamides is 1. The molecule has 7 heteroatoms. The van der Waals surface area contributed by atoms with Gasteiger partial charge in [-0.05, 0) is 29.8 Å². The van der Waals surface area contributed by atoms with Gasteiger partial charge >= 0.3 is 0 Å². The predicted molar refractivity (Wildman–Crippen MR) is 74.7 cm³/mol. The minimum absolute atomic E-state index is 0.0170. The fraction of sp³-hybridized carbons (Fsp3) is 0.0769. The van der Waals surface area contributed by atoms with Gasteiger partial charge in [0.15, 0.2) is 0 Å². The number of nitrogen functional groups attached to an aromatic ring is 1. The Labute approximate surface area is 116 Å². The first-order valence-electron chi connectivity index (χ1n) is 5.70. The van der Waals surface area contributed by atoms with Crippen molar-refractivity contribution in [1.82, 2.24) is 0 Å². The molecule has 0 amide bonds. The number of anilines is 1. The molecule has 0 spiro atoms. The zero-order valence-corrected chi connectivity index (χ0v) is 11.3. The van der Waals surface area contributed by atoms with Crippen LogP contribution in [0, 0.1) is 0 Å². The fourth-order valence-electron chi connectivity index (χ4n) is 1.69. The second-order valence-electron chi connectivity index (χ2n) is 4.15. The van der Waals surface area contributed by atoms with Crippen molar-refractivity contribution in [1.29, 1.82) is 0 Å². The lowest BCUT2D eigenvalue weighted by Crippen LogP contribution is -2.14. The summed E-state index contributed by atoms with van der Waals surface area (Å²) >= 11 is 0. The minimum Gasteiger partial charge on any atom is -0.457 e. The molecule has 0 aliphatic carbocycles. The smallest absolute Gasteiger partial charge is 0.240 e. The van der Waals surface area contributed by atoms with Gasteiger partial charge in [0.1, 0.15) is 16.4 Å². The molecule has 0 radical (unpaired) electrons. The Balaban J connectivity index is 2.29. The maximum Gasteiger partial charge on any atom is 0.240 e. The van der Waals surface area contributed by atoms with Crippen molar-refractivity contribution >= 4 is 15.7 Å². The Morgan fingerprint density at radius 1 is 1.10 bits per heavy atom. The highest BCUT2D eigenvalue weighted by molar-refractivity contribution is 7.89. The topological polar surface area (TPSA) is 116 Å². The summed E-state index contributed by atoms with van der Waals surface area (Å²) < 4.78 is 28.0. The van der Waals surface area contributed by atoms with Crippen LogP contribution < -0.4 is 15.6 Å². The molecular weight excluding hydrogens is 280 g/mol. The minimum atomic E-state index is -3.85. The summed E-state index contributed by atoms with van der Waals surface area (Å²) in [6, 6.07) is 11.0. The average Bonchev–Trinajstić information content (AvgIpc) is 2.37. The Bertz CT molecular complexity index is 729. The van der Waals surface area contributed by atoms with Crippen LogP contribution >= 0.6 is 0 Å². The van der Waals surface area contributed by atoms with Gasteiger partial charge in [0.25, 0.3) is 0 Å². The predicted octanol–water partition coefficient (Wildman–Crippen LogP) is 1.20. The molecule has 0 saturated heterocycles. The van der Waals surface area contributed by atoms with Crippen LogP contribution in [0.1, 0.15) is 5.56 Å². The Morgan fingerprint density at radius 3 is 2.40 bits per heavy atom. The Morgan fingerprint density at radius 2 is 1.80 bits per heavy atom. The van der Waals surface area contributed by atoms with E-state index in [1.807, 2.05) is 0 Å². The lowest BCUT2D eigenvalue weighted by molar-refractivity contribution is 0.281. The maximum atomic E-state index is 11.2. The number of primary sulfonamides is 1. The van der Waals surface area contributed by atoms with Crippen molar-refractivity contribution in [2.75, 3.05) is 5.73 Å². The van der Waals surface area contributed by atoms with Crippen LogP contribution in [0.3, 0.4) is 0 Å². The van der Waals surface area contributed by atoms with Crippen LogP contribution in [0.25, 0.3) is 0 Å². The standard InChI is InChI=1S/C13H14N2O4S/c14-12-7-11(4-5-13(12)20(15,17)18)19-10-3-1-2-9(6-10)8-16/h1-7,16H,8,14H2,(H2,15,17,18). The molecule has 6 nitrogen and oxygen atoms in total. The maximum absolute atomic E-state index is 11.2. The summed E-state index contributed by atoms with van der Waals surface area (Å²) in [5.41, 5.74) is 6.36. The molecule has 0 atom stereocenters. The zero-order chi connectivity index (χ0) is 14.8. The van der Waals surface area contributed by atoms with Gasteiger partial charge in [-0.15, -0.1) is 0 Å². The van der Waals surface area contributed by atoms with E-state index in [2.05, 4.69) is 0 Å². The molecule has 0 aliphatic rings. The number of ether oxygens (including phenoxy) is 1. The molecule has 0 unspecified atom stereocenters. The van der Waals surface area contributed by atoms with E-state index < -0.39 is 10.0 Å². The highest BCUT2D eigenvalue weighted by Gasteiger charge is 2.12. The van der Waals surface area contributed by atoms with Gasteiger partial charge in [0.05, 0.1) is 12.3 Å². The van der Waals surface area contributed by atoms with E-state index in [0.29, 0.717) is 17.1 Å². The van der Waals surface area contributed by atoms with Crippen molar-refractivity contribution in [3.8, 4) is 11.5 Å². The van der Waals surface area contributed by atoms with Crippen LogP contribution in [0.15, 0.2) is 47.4 Å². The fourth-order valence-corrected chi connectivity index (χ4v) is 2.34. The molecule has 106 valence electrons. The largest absolute Gasteiger partial charge is 0.457 e. The van der Waals surface area contributed by atoms with Gasteiger partial charge in [-0.3, -0.25) is 0 Å². The van der Waals surface area contributed by atoms with E-state index in [4.69, 9.17) is 20.7 Å². The van der Waals surface area contributed by atoms with Gasteiger partial charge in [0, 0.05) is 6.07 Å². The average molecular weight is 294 g/mol. The third-order valence-electron chi connectivity index (χ3n) is 2.60. The SMILES string of the molecule is Nc1cc(Oc2cccc(CO)c2)ccc1S(N)(=O)=O. The molecule has 20 heavy (non-hydrogen) atoms. The molecular formula is C13H14N2O4S. The summed E-state index contributed by atoms with van der Waals surface area (Å²) in [7, 11) is -3.85. The molecule has 0 saturated carbocycles. The quantitative estimate of drug-likeness (QED) is 0.733. The zero-order valence-electron chi connectivity index (χ0n) is 10.5. The monoisotopic (exact) mass is 294 g/mol. The van der Waals surface area contributed by atoms with Crippen LogP contribution in [-0.4, -0.2) is 13.5 Å². The van der Waals surface area contributed by atoms with Crippen LogP contribution in [0.2, 0.25) is 0 Å². The number of hydrogen-bond acceptors (Lipinski definition) is 5. The van der Waals surface area contributed by atoms with Crippen LogP contribution in [0.4, 0.5) is 5.69 Å². The second kappa shape index (κ2) is 5.49. The number of nitrogens with two attached hydrogens (primary N) is 2. The number of hydrogen-bond donors (Lipinski definition) is 3. The molecule has 5 N–H and O–H groups in total. The lowest BCUT2D eigenvalue weighted by Gasteiger charge is -2.09. The van der Waals surface area contributed by atoms with Crippen molar-refractivity contribution in [2.24, 2.45) is 5.14 Å². The van der Waals surface area contributed by atoms with Crippen molar-refractivity contribution < 1.29 is 18.3 Å². The van der Waals surface area contributed by atoms with Gasteiger partial charge in [-0.1, -0.05) is 12.1 Å². The summed E-state index contributed by atoms with van der Waals surface area (Å²) in [5.74, 6) is 0.893. The first-order chi connectivity index (χ1) is 9.40. The third kappa shape index (κ3) is 3.27. The van der Waals surface area contributed by atoms with E-state index in [1.54, 1.807) is 24.3 Å². The van der Waals surface area contributed by atoms with Gasteiger partial charge in [-0.25, -0.2) is 13.6 Å². The summed E-state index contributed by atoms with van der Waals surface area (Å²) in [6.45, 7) is -0.0936. The first kappa shape index (κ1) is 14.3. The van der Waals surface area contributed by atoms with E-state index in [0.717, 1.165) is 0 Å². The van der Waals surface area contributed by atoms with Crippen molar-refractivity contribution in [3.05, 3.63) is 48.0 Å². The second-order valence-corrected chi connectivity index (χ2v) is 5.68. The lowest BCUT2D eigenvalue weighted by atomic mass is 10.2. The summed E-state index contributed by atoms with van der Waals surface area (Å²) in [6.07, 6.45) is 0. The Kier molecular flexibility index (Phi) is 3.93. The molecule has 0 aromatic heterocycles. The van der Waals surface area contributed by atoms with E-state index >= 15 is 0 Å². The molecule has 0 fully saturated rings. The first-order valence-corrected chi connectivity index (χ1v) is 7.25. The van der Waals surface area contributed by atoms with Gasteiger partial charge in [-0.2, -0.15) is 0 Å². The van der Waals surface area contributed by atoms with E-state index in [9.17, 15) is 8.42 Å². The van der Waals surface area contributed by atoms with Crippen LogP contribution in [-0.2, 0) is 16.6 Å². The molecule has 0 bridgehead atoms. The van der Waals surface area contributed by atoms with E-state index in [1.165, 1.54) is 18.2 Å². The number of rotatable bonds is 4. The molecule has 2 aromatic rings.